The molecule has 122 valence electrons. The molecule has 23 heavy (non-hydrogen) atoms. The van der Waals surface area contributed by atoms with Gasteiger partial charge in [0.2, 0.25) is 5.91 Å². The molecule has 0 bridgehead atoms. The van der Waals surface area contributed by atoms with E-state index in [4.69, 9.17) is 0 Å². The molecule has 0 aliphatic carbocycles. The van der Waals surface area contributed by atoms with E-state index in [2.05, 4.69) is 9.72 Å². The average molecular weight is 320 g/mol. The van der Waals surface area contributed by atoms with Crippen molar-refractivity contribution in [2.24, 2.45) is 0 Å². The van der Waals surface area contributed by atoms with Crippen LogP contribution in [0, 0.1) is 0 Å². The maximum atomic E-state index is 12.1. The molecule has 0 saturated carbocycles. The van der Waals surface area contributed by atoms with Crippen molar-refractivity contribution in [3.63, 3.8) is 0 Å². The Morgan fingerprint density at radius 3 is 2.39 bits per heavy atom. The number of rotatable bonds is 7. The first-order valence-corrected chi connectivity index (χ1v) is 7.21. The fraction of sp³-hybridized carbons (Fsp3) is 0.294. The molecule has 0 aliphatic heterocycles. The highest BCUT2D eigenvalue weighted by Gasteiger charge is 2.10. The van der Waals surface area contributed by atoms with Gasteiger partial charge in [-0.25, -0.2) is 0 Å². The SMILES string of the molecule is CN(Cc1ccncc1)C(=O)CCc1ccc(OC(F)F)cc1. The second kappa shape index (κ2) is 8.22. The predicted molar refractivity (Wildman–Crippen MR) is 82.1 cm³/mol. The minimum atomic E-state index is -2.83. The molecule has 0 spiro atoms. The van der Waals surface area contributed by atoms with Gasteiger partial charge in [-0.2, -0.15) is 8.78 Å². The highest BCUT2D eigenvalue weighted by atomic mass is 19.3. The van der Waals surface area contributed by atoms with Crippen LogP contribution in [0.15, 0.2) is 48.8 Å². The molecule has 2 aromatic rings. The summed E-state index contributed by atoms with van der Waals surface area (Å²) < 4.78 is 28.4. The lowest BCUT2D eigenvalue weighted by molar-refractivity contribution is -0.130. The molecule has 6 heteroatoms. The van der Waals surface area contributed by atoms with Gasteiger partial charge in [-0.3, -0.25) is 9.78 Å². The van der Waals surface area contributed by atoms with Crippen molar-refractivity contribution in [1.29, 1.82) is 0 Å². The predicted octanol–water partition coefficient (Wildman–Crippen LogP) is 3.27. The van der Waals surface area contributed by atoms with Gasteiger partial charge in [0.1, 0.15) is 5.75 Å². The number of carbonyl (C=O) groups is 1. The molecule has 0 aliphatic rings. The first-order valence-electron chi connectivity index (χ1n) is 7.21. The van der Waals surface area contributed by atoms with Crippen LogP contribution >= 0.6 is 0 Å². The molecule has 0 unspecified atom stereocenters. The summed E-state index contributed by atoms with van der Waals surface area (Å²) in [5.74, 6) is 0.139. The summed E-state index contributed by atoms with van der Waals surface area (Å²) in [7, 11) is 1.75. The molecule has 1 aromatic heterocycles. The fourth-order valence-corrected chi connectivity index (χ4v) is 2.13. The van der Waals surface area contributed by atoms with E-state index in [9.17, 15) is 13.6 Å². The summed E-state index contributed by atoms with van der Waals surface area (Å²) in [6.45, 7) is -2.30. The van der Waals surface area contributed by atoms with Gasteiger partial charge in [0.05, 0.1) is 0 Å². The highest BCUT2D eigenvalue weighted by molar-refractivity contribution is 5.76. The number of alkyl halides is 2. The van der Waals surface area contributed by atoms with Crippen molar-refractivity contribution in [3.05, 3.63) is 59.9 Å². The topological polar surface area (TPSA) is 42.4 Å². The lowest BCUT2D eigenvalue weighted by Gasteiger charge is -2.17. The summed E-state index contributed by atoms with van der Waals surface area (Å²) in [6, 6.07) is 10.1. The van der Waals surface area contributed by atoms with Gasteiger partial charge in [-0.05, 0) is 41.8 Å². The molecule has 1 aromatic carbocycles. The number of ether oxygens (including phenoxy) is 1. The van der Waals surface area contributed by atoms with E-state index in [0.717, 1.165) is 11.1 Å². The standard InChI is InChI=1S/C17H18F2N2O2/c1-21(12-14-8-10-20-11-9-14)16(22)7-4-13-2-5-15(6-3-13)23-17(18)19/h2-3,5-6,8-11,17H,4,7,12H2,1H3. The summed E-state index contributed by atoms with van der Waals surface area (Å²) in [5, 5.41) is 0. The second-order valence-corrected chi connectivity index (χ2v) is 5.13. The number of pyridine rings is 1. The maximum Gasteiger partial charge on any atom is 0.387 e. The minimum Gasteiger partial charge on any atom is -0.435 e. The van der Waals surface area contributed by atoms with Crippen LogP contribution in [0.2, 0.25) is 0 Å². The highest BCUT2D eigenvalue weighted by Crippen LogP contribution is 2.16. The third-order valence-corrected chi connectivity index (χ3v) is 3.37. The van der Waals surface area contributed by atoms with Gasteiger partial charge in [0.15, 0.2) is 0 Å². The second-order valence-electron chi connectivity index (χ2n) is 5.13. The largest absolute Gasteiger partial charge is 0.435 e. The average Bonchev–Trinajstić information content (AvgIpc) is 2.54. The van der Waals surface area contributed by atoms with Crippen molar-refractivity contribution >= 4 is 5.91 Å². The van der Waals surface area contributed by atoms with Crippen molar-refractivity contribution in [3.8, 4) is 5.75 Å². The first-order chi connectivity index (χ1) is 11.0. The number of aryl methyl sites for hydroxylation is 1. The van der Waals surface area contributed by atoms with Crippen molar-refractivity contribution in [2.45, 2.75) is 26.0 Å². The Morgan fingerprint density at radius 2 is 1.78 bits per heavy atom. The zero-order valence-electron chi connectivity index (χ0n) is 12.8. The summed E-state index contributed by atoms with van der Waals surface area (Å²) in [5.41, 5.74) is 1.92. The van der Waals surface area contributed by atoms with Gasteiger partial charge in [0.25, 0.3) is 0 Å². The van der Waals surface area contributed by atoms with Crippen molar-refractivity contribution in [2.75, 3.05) is 7.05 Å². The molecule has 0 saturated heterocycles. The number of amides is 1. The van der Waals surface area contributed by atoms with E-state index < -0.39 is 6.61 Å². The van der Waals surface area contributed by atoms with Gasteiger partial charge in [-0.15, -0.1) is 0 Å². The Bertz CT molecular complexity index is 618. The van der Waals surface area contributed by atoms with Crippen molar-refractivity contribution < 1.29 is 18.3 Å². The van der Waals surface area contributed by atoms with E-state index in [1.807, 2.05) is 12.1 Å². The fourth-order valence-electron chi connectivity index (χ4n) is 2.13. The third kappa shape index (κ3) is 5.65. The lowest BCUT2D eigenvalue weighted by atomic mass is 10.1. The van der Waals surface area contributed by atoms with E-state index in [1.54, 1.807) is 36.5 Å². The van der Waals surface area contributed by atoms with Crippen LogP contribution in [0.25, 0.3) is 0 Å². The van der Waals surface area contributed by atoms with Crippen LogP contribution in [0.5, 0.6) is 5.75 Å². The molecule has 0 radical (unpaired) electrons. The molecule has 0 N–H and O–H groups in total. The number of halogens is 2. The molecule has 1 heterocycles. The first kappa shape index (κ1) is 16.9. The minimum absolute atomic E-state index is 0.0229. The molecule has 0 fully saturated rings. The number of aromatic nitrogens is 1. The zero-order chi connectivity index (χ0) is 16.7. The smallest absolute Gasteiger partial charge is 0.387 e. The number of hydrogen-bond acceptors (Lipinski definition) is 3. The van der Waals surface area contributed by atoms with Gasteiger partial charge < -0.3 is 9.64 Å². The van der Waals surface area contributed by atoms with Crippen LogP contribution in [0.4, 0.5) is 8.78 Å². The van der Waals surface area contributed by atoms with Crippen LogP contribution in [-0.4, -0.2) is 29.5 Å². The number of benzene rings is 1. The van der Waals surface area contributed by atoms with E-state index in [1.165, 1.54) is 12.1 Å². The van der Waals surface area contributed by atoms with Crippen LogP contribution in [-0.2, 0) is 17.8 Å². The zero-order valence-corrected chi connectivity index (χ0v) is 12.8. The number of hydrogen-bond donors (Lipinski definition) is 0. The monoisotopic (exact) mass is 320 g/mol. The Morgan fingerprint density at radius 1 is 1.13 bits per heavy atom. The van der Waals surface area contributed by atoms with Crippen molar-refractivity contribution in [1.82, 2.24) is 9.88 Å². The normalized spacial score (nSPS) is 10.6. The Kier molecular flexibility index (Phi) is 6.02. The van der Waals surface area contributed by atoms with E-state index in [-0.39, 0.29) is 11.7 Å². The van der Waals surface area contributed by atoms with E-state index >= 15 is 0 Å². The Hall–Kier alpha value is -2.50. The summed E-state index contributed by atoms with van der Waals surface area (Å²) in [4.78, 5) is 17.7. The lowest BCUT2D eigenvalue weighted by Crippen LogP contribution is -2.26. The van der Waals surface area contributed by atoms with Gasteiger partial charge in [-0.1, -0.05) is 12.1 Å². The molecule has 2 rings (SSSR count). The Labute approximate surface area is 133 Å². The Balaban J connectivity index is 1.81. The third-order valence-electron chi connectivity index (χ3n) is 3.37. The molecular formula is C17H18F2N2O2. The number of nitrogens with zero attached hydrogens (tertiary/aromatic N) is 2. The maximum absolute atomic E-state index is 12.1. The van der Waals surface area contributed by atoms with Crippen LogP contribution in [0.1, 0.15) is 17.5 Å². The van der Waals surface area contributed by atoms with Crippen LogP contribution in [0.3, 0.4) is 0 Å². The van der Waals surface area contributed by atoms with Gasteiger partial charge in [0, 0.05) is 32.4 Å². The molecular weight excluding hydrogens is 302 g/mol. The molecule has 1 amide bonds. The molecule has 4 nitrogen and oxygen atoms in total. The van der Waals surface area contributed by atoms with Crippen LogP contribution < -0.4 is 4.74 Å². The molecule has 0 atom stereocenters. The van der Waals surface area contributed by atoms with E-state index in [0.29, 0.717) is 19.4 Å². The summed E-state index contributed by atoms with van der Waals surface area (Å²) >= 11 is 0. The van der Waals surface area contributed by atoms with Gasteiger partial charge >= 0.3 is 6.61 Å². The number of carbonyl (C=O) groups excluding carboxylic acids is 1. The quantitative estimate of drug-likeness (QED) is 0.786. The summed E-state index contributed by atoms with van der Waals surface area (Å²) in [6.07, 6.45) is 4.29.